The number of carbonyl (C=O) groups excluding carboxylic acids is 1. The zero-order valence-electron chi connectivity index (χ0n) is 16.4. The Kier molecular flexibility index (Phi) is 8.24. The number of alkyl halides is 3. The van der Waals surface area contributed by atoms with Crippen molar-refractivity contribution in [3.63, 3.8) is 0 Å². The Labute approximate surface area is 181 Å². The van der Waals surface area contributed by atoms with Crippen LogP contribution in [-0.2, 0) is 4.79 Å². The van der Waals surface area contributed by atoms with Gasteiger partial charge in [0.05, 0.1) is 6.54 Å². The van der Waals surface area contributed by atoms with Gasteiger partial charge in [-0.25, -0.2) is 0 Å². The largest absolute Gasteiger partial charge is 0.401 e. The van der Waals surface area contributed by atoms with E-state index in [0.29, 0.717) is 26.1 Å². The van der Waals surface area contributed by atoms with Crippen LogP contribution >= 0.6 is 24.0 Å². The van der Waals surface area contributed by atoms with Crippen molar-refractivity contribution in [3.05, 3.63) is 0 Å². The third-order valence-electron chi connectivity index (χ3n) is 5.76. The minimum atomic E-state index is -4.14. The third-order valence-corrected chi connectivity index (χ3v) is 5.76. The van der Waals surface area contributed by atoms with Crippen molar-refractivity contribution in [2.24, 2.45) is 16.3 Å². The molecule has 0 bridgehead atoms. The Morgan fingerprint density at radius 1 is 1.39 bits per heavy atom. The van der Waals surface area contributed by atoms with Crippen LogP contribution in [0.15, 0.2) is 4.99 Å². The number of hydrogen-bond acceptors (Lipinski definition) is 3. The number of hydrogen-bond donors (Lipinski definition) is 2. The minimum absolute atomic E-state index is 0. The molecule has 3 rings (SSSR count). The number of rotatable bonds is 4. The van der Waals surface area contributed by atoms with Gasteiger partial charge >= 0.3 is 6.18 Å². The van der Waals surface area contributed by atoms with Crippen molar-refractivity contribution in [2.75, 3.05) is 52.4 Å². The van der Waals surface area contributed by atoms with Crippen molar-refractivity contribution >= 4 is 35.8 Å². The zero-order chi connectivity index (χ0) is 19.5. The molecule has 2 atom stereocenters. The van der Waals surface area contributed by atoms with Crippen LogP contribution in [0.3, 0.4) is 0 Å². The molecule has 162 valence electrons. The van der Waals surface area contributed by atoms with Gasteiger partial charge in [-0.1, -0.05) is 0 Å². The number of carbonyl (C=O) groups is 1. The van der Waals surface area contributed by atoms with E-state index in [1.54, 1.807) is 0 Å². The van der Waals surface area contributed by atoms with E-state index in [4.69, 9.17) is 4.99 Å². The number of aliphatic imine (C=N–C) groups is 1. The van der Waals surface area contributed by atoms with E-state index in [2.05, 4.69) is 15.5 Å². The second kappa shape index (κ2) is 9.82. The lowest BCUT2D eigenvalue weighted by Gasteiger charge is -2.40. The molecule has 10 heteroatoms. The molecule has 0 aliphatic carbocycles. The van der Waals surface area contributed by atoms with Crippen molar-refractivity contribution in [3.8, 4) is 0 Å². The molecule has 28 heavy (non-hydrogen) atoms. The van der Waals surface area contributed by atoms with E-state index >= 15 is 0 Å². The highest BCUT2D eigenvalue weighted by atomic mass is 127. The average Bonchev–Trinajstić information content (AvgIpc) is 3.16. The molecular formula is C18H31F3IN5O. The highest BCUT2D eigenvalue weighted by Gasteiger charge is 2.42. The Morgan fingerprint density at radius 2 is 2.18 bits per heavy atom. The molecule has 2 N–H and O–H groups in total. The fourth-order valence-corrected chi connectivity index (χ4v) is 4.53. The highest BCUT2D eigenvalue weighted by Crippen LogP contribution is 2.36. The molecule has 0 aromatic rings. The minimum Gasteiger partial charge on any atom is -0.357 e. The number of halogens is 4. The Balaban J connectivity index is 0.00000280. The third kappa shape index (κ3) is 6.36. The number of likely N-dealkylation sites (tertiary alicyclic amines) is 2. The summed E-state index contributed by atoms with van der Waals surface area (Å²) in [6, 6.07) is 0. The molecule has 2 unspecified atom stereocenters. The summed E-state index contributed by atoms with van der Waals surface area (Å²) in [5.74, 6) is 1.11. The van der Waals surface area contributed by atoms with E-state index in [0.717, 1.165) is 51.4 Å². The number of nitrogens with one attached hydrogen (secondary N) is 2. The Bertz CT molecular complexity index is 574. The SMILES string of the molecule is CCNC(=NCC1CCN(CC(F)(F)F)C1)N1CCCC2(CNC(=O)C2)C1.I. The summed E-state index contributed by atoms with van der Waals surface area (Å²) in [5, 5.41) is 6.27. The van der Waals surface area contributed by atoms with Crippen LogP contribution < -0.4 is 10.6 Å². The molecule has 0 aromatic carbocycles. The smallest absolute Gasteiger partial charge is 0.357 e. The lowest BCUT2D eigenvalue weighted by molar-refractivity contribution is -0.143. The molecule has 1 amide bonds. The fourth-order valence-electron chi connectivity index (χ4n) is 4.53. The van der Waals surface area contributed by atoms with E-state index in [1.807, 2.05) is 6.92 Å². The van der Waals surface area contributed by atoms with E-state index < -0.39 is 12.7 Å². The number of nitrogens with zero attached hydrogens (tertiary/aromatic N) is 3. The molecule has 3 aliphatic heterocycles. The highest BCUT2D eigenvalue weighted by molar-refractivity contribution is 14.0. The van der Waals surface area contributed by atoms with Crippen molar-refractivity contribution < 1.29 is 18.0 Å². The molecule has 0 saturated carbocycles. The summed E-state index contributed by atoms with van der Waals surface area (Å²) in [4.78, 5) is 20.1. The predicted octanol–water partition coefficient (Wildman–Crippen LogP) is 2.06. The van der Waals surface area contributed by atoms with Gasteiger partial charge in [-0.2, -0.15) is 13.2 Å². The standard InChI is InChI=1S/C18H30F3N5O.HI/c1-2-22-16(23-9-14-4-7-25(10-14)13-18(19,20)21)26-6-3-5-17(12-26)8-15(27)24-11-17;/h14H,2-13H2,1H3,(H,22,23)(H,24,27);1H. The normalized spacial score (nSPS) is 29.1. The molecule has 3 aliphatic rings. The zero-order valence-corrected chi connectivity index (χ0v) is 18.7. The van der Waals surface area contributed by atoms with Crippen LogP contribution in [0.1, 0.15) is 32.6 Å². The number of piperidine rings is 1. The molecule has 3 heterocycles. The van der Waals surface area contributed by atoms with E-state index in [9.17, 15) is 18.0 Å². The van der Waals surface area contributed by atoms with Gasteiger partial charge < -0.3 is 15.5 Å². The van der Waals surface area contributed by atoms with Crippen LogP contribution in [0.4, 0.5) is 13.2 Å². The first-order valence-electron chi connectivity index (χ1n) is 9.88. The van der Waals surface area contributed by atoms with E-state index in [-0.39, 0.29) is 41.2 Å². The van der Waals surface area contributed by atoms with Gasteiger partial charge in [-0.3, -0.25) is 14.7 Å². The summed E-state index contributed by atoms with van der Waals surface area (Å²) in [6.45, 7) is 5.80. The van der Waals surface area contributed by atoms with Gasteiger partial charge in [0.15, 0.2) is 5.96 Å². The van der Waals surface area contributed by atoms with Crippen LogP contribution in [0.25, 0.3) is 0 Å². The Hall–Kier alpha value is -0.780. The van der Waals surface area contributed by atoms with Crippen molar-refractivity contribution in [2.45, 2.75) is 38.8 Å². The molecule has 6 nitrogen and oxygen atoms in total. The quantitative estimate of drug-likeness (QED) is 0.341. The summed E-state index contributed by atoms with van der Waals surface area (Å²) >= 11 is 0. The monoisotopic (exact) mass is 517 g/mol. The first-order chi connectivity index (χ1) is 12.8. The molecule has 3 fully saturated rings. The Morgan fingerprint density at radius 3 is 2.82 bits per heavy atom. The summed E-state index contributed by atoms with van der Waals surface area (Å²) in [7, 11) is 0. The van der Waals surface area contributed by atoms with Crippen LogP contribution in [0.5, 0.6) is 0 Å². The summed E-state index contributed by atoms with van der Waals surface area (Å²) in [6.07, 6.45) is -0.764. The van der Waals surface area contributed by atoms with Gasteiger partial charge in [0.25, 0.3) is 0 Å². The predicted molar refractivity (Wildman–Crippen MR) is 113 cm³/mol. The first kappa shape index (κ1) is 23.5. The first-order valence-corrected chi connectivity index (χ1v) is 9.88. The van der Waals surface area contributed by atoms with Crippen LogP contribution in [0, 0.1) is 11.3 Å². The average molecular weight is 517 g/mol. The van der Waals surface area contributed by atoms with Crippen LogP contribution in [-0.4, -0.2) is 80.2 Å². The molecular weight excluding hydrogens is 486 g/mol. The van der Waals surface area contributed by atoms with E-state index in [1.165, 1.54) is 4.90 Å². The van der Waals surface area contributed by atoms with Gasteiger partial charge in [0.1, 0.15) is 0 Å². The van der Waals surface area contributed by atoms with Gasteiger partial charge in [0, 0.05) is 51.1 Å². The molecule has 0 aromatic heterocycles. The second-order valence-electron chi connectivity index (χ2n) is 8.18. The van der Waals surface area contributed by atoms with Gasteiger partial charge in [-0.05, 0) is 38.6 Å². The maximum absolute atomic E-state index is 12.5. The molecule has 1 spiro atoms. The fraction of sp³-hybridized carbons (Fsp3) is 0.889. The maximum Gasteiger partial charge on any atom is 0.401 e. The summed E-state index contributed by atoms with van der Waals surface area (Å²) in [5.41, 5.74) is -0.0115. The van der Waals surface area contributed by atoms with Gasteiger partial charge in [-0.15, -0.1) is 24.0 Å². The van der Waals surface area contributed by atoms with Crippen LogP contribution in [0.2, 0.25) is 0 Å². The number of amides is 1. The topological polar surface area (TPSA) is 60.0 Å². The summed E-state index contributed by atoms with van der Waals surface area (Å²) < 4.78 is 37.6. The van der Waals surface area contributed by atoms with Crippen molar-refractivity contribution in [1.82, 2.24) is 20.4 Å². The molecule has 3 saturated heterocycles. The lowest BCUT2D eigenvalue weighted by Crippen LogP contribution is -2.51. The number of guanidine groups is 1. The second-order valence-corrected chi connectivity index (χ2v) is 8.18. The lowest BCUT2D eigenvalue weighted by atomic mass is 9.79. The van der Waals surface area contributed by atoms with Crippen molar-refractivity contribution in [1.29, 1.82) is 0 Å². The molecule has 0 radical (unpaired) electrons. The maximum atomic E-state index is 12.5. The van der Waals surface area contributed by atoms with Gasteiger partial charge in [0.2, 0.25) is 5.91 Å².